The van der Waals surface area contributed by atoms with Gasteiger partial charge in [0.2, 0.25) is 0 Å². The number of hydrogen-bond donors (Lipinski definition) is 6. The average Bonchev–Trinajstić information content (AvgIpc) is 3.21. The minimum Gasteiger partial charge on any atom is -0.507 e. The second-order valence-electron chi connectivity index (χ2n) is 24.8. The van der Waals surface area contributed by atoms with Crippen LogP contribution >= 0.6 is 0 Å². The Bertz CT molecular complexity index is 2540. The summed E-state index contributed by atoms with van der Waals surface area (Å²) in [6.45, 7) is 35.2. The maximum atomic E-state index is 11.7. The number of rotatable bonds is 14. The van der Waals surface area contributed by atoms with E-state index in [1.165, 1.54) is 12.0 Å². The quantitative estimate of drug-likeness (QED) is 0.0653. The summed E-state index contributed by atoms with van der Waals surface area (Å²) in [4.78, 5) is 0. The number of hydrogen-bond acceptors (Lipinski definition) is 6. The molecule has 6 aromatic rings. The third-order valence-electron chi connectivity index (χ3n) is 12.7. The maximum Gasteiger partial charge on any atom is 0.123 e. The molecule has 6 aromatic carbocycles. The summed E-state index contributed by atoms with van der Waals surface area (Å²) in [5, 5.41) is 37.9. The number of anilines is 7. The van der Waals surface area contributed by atoms with Crippen molar-refractivity contribution in [3.63, 3.8) is 0 Å². The predicted molar refractivity (Wildman–Crippen MR) is 294 cm³/mol. The Balaban J connectivity index is 1.16. The molecule has 0 saturated heterocycles. The largest absolute Gasteiger partial charge is 0.507 e. The molecule has 0 radical (unpaired) electrons. The van der Waals surface area contributed by atoms with Crippen molar-refractivity contribution >= 4 is 39.8 Å². The van der Waals surface area contributed by atoms with Crippen molar-refractivity contribution in [3.05, 3.63) is 160 Å². The third kappa shape index (κ3) is 13.9. The van der Waals surface area contributed by atoms with Gasteiger partial charge in [0.15, 0.2) is 0 Å². The highest BCUT2D eigenvalue weighted by Crippen LogP contribution is 2.44. The van der Waals surface area contributed by atoms with Gasteiger partial charge in [0.25, 0.3) is 0 Å². The fraction of sp³-hybridized carbons (Fsp3) is 0.419. The highest BCUT2D eigenvalue weighted by molar-refractivity contribution is 5.69. The zero-order valence-corrected chi connectivity index (χ0v) is 44.2. The lowest BCUT2D eigenvalue weighted by Crippen LogP contribution is -2.22. The van der Waals surface area contributed by atoms with Gasteiger partial charge in [-0.05, 0) is 188 Å². The Labute approximate surface area is 410 Å². The number of nitrogens with one attached hydrogen (secondary N) is 4. The molecular weight excluding hydrogens is 833 g/mol. The molecule has 0 heterocycles. The zero-order valence-electron chi connectivity index (χ0n) is 44.2. The van der Waals surface area contributed by atoms with Gasteiger partial charge >= 0.3 is 0 Å². The summed E-state index contributed by atoms with van der Waals surface area (Å²) < 4.78 is 0. The van der Waals surface area contributed by atoms with Gasteiger partial charge < -0.3 is 31.5 Å². The lowest BCUT2D eigenvalue weighted by atomic mass is 9.76. The smallest absolute Gasteiger partial charge is 0.123 e. The van der Waals surface area contributed by atoms with Crippen molar-refractivity contribution < 1.29 is 10.2 Å². The Morgan fingerprint density at radius 2 is 0.676 bits per heavy atom. The van der Waals surface area contributed by atoms with Crippen LogP contribution in [-0.4, -0.2) is 10.2 Å². The van der Waals surface area contributed by atoms with E-state index in [9.17, 15) is 10.2 Å². The van der Waals surface area contributed by atoms with Crippen LogP contribution in [0, 0.1) is 11.3 Å². The van der Waals surface area contributed by atoms with E-state index < -0.39 is 0 Å². The summed E-state index contributed by atoms with van der Waals surface area (Å²) in [5.74, 6) is 1.41. The molecule has 0 saturated carbocycles. The minimum absolute atomic E-state index is 0.135. The van der Waals surface area contributed by atoms with Crippen molar-refractivity contribution in [2.45, 2.75) is 158 Å². The lowest BCUT2D eigenvalue weighted by Gasteiger charge is -2.31. The first-order chi connectivity index (χ1) is 31.5. The van der Waals surface area contributed by atoms with Crippen molar-refractivity contribution in [3.8, 4) is 11.5 Å². The van der Waals surface area contributed by atoms with E-state index in [0.29, 0.717) is 29.3 Å². The van der Waals surface area contributed by atoms with Gasteiger partial charge in [0, 0.05) is 39.8 Å². The number of phenols is 2. The molecule has 2 unspecified atom stereocenters. The molecule has 6 nitrogen and oxygen atoms in total. The molecule has 0 bridgehead atoms. The normalized spacial score (nSPS) is 13.5. The highest BCUT2D eigenvalue weighted by Gasteiger charge is 2.31. The van der Waals surface area contributed by atoms with E-state index in [2.05, 4.69) is 253 Å². The van der Waals surface area contributed by atoms with Crippen LogP contribution in [0.1, 0.15) is 162 Å². The second kappa shape index (κ2) is 20.0. The van der Waals surface area contributed by atoms with Gasteiger partial charge in [0.1, 0.15) is 11.5 Å². The standard InChI is InChI=1S/C62H82N4O2/c1-40(39-58(2,3)4)33-41-17-19-44(20-18-41)63-45-21-23-46(24-22-45)64-47-25-27-48(28-26-47)65-49-29-31-50(32-30-49)66-55(43-37-53(61(11,12)13)57(68)54(38-43)62(14,15)16)36-42-34-51(59(5,6)7)56(67)52(35-42)60(8,9)10/h17-32,34-35,37-38,40,55,63-68H,33,36,39H2,1-16H3. The molecule has 0 aromatic heterocycles. The maximum absolute atomic E-state index is 11.7. The molecule has 6 N–H and O–H groups in total. The number of benzene rings is 6. The van der Waals surface area contributed by atoms with Crippen molar-refractivity contribution in [2.24, 2.45) is 11.3 Å². The van der Waals surface area contributed by atoms with Crippen LogP contribution in [0.5, 0.6) is 11.5 Å². The fourth-order valence-corrected chi connectivity index (χ4v) is 9.31. The van der Waals surface area contributed by atoms with E-state index >= 15 is 0 Å². The van der Waals surface area contributed by atoms with E-state index in [-0.39, 0.29) is 27.7 Å². The Morgan fingerprint density at radius 1 is 0.382 bits per heavy atom. The first-order valence-corrected chi connectivity index (χ1v) is 24.7. The summed E-state index contributed by atoms with van der Waals surface area (Å²) in [7, 11) is 0. The molecule has 68 heavy (non-hydrogen) atoms. The predicted octanol–water partition coefficient (Wildman–Crippen LogP) is 17.5. The molecule has 2 atom stereocenters. The van der Waals surface area contributed by atoms with E-state index in [4.69, 9.17) is 0 Å². The Hall–Kier alpha value is -5.88. The lowest BCUT2D eigenvalue weighted by molar-refractivity contribution is 0.306. The minimum atomic E-state index is -0.272. The summed E-state index contributed by atoms with van der Waals surface area (Å²) in [6, 6.07) is 42.7. The van der Waals surface area contributed by atoms with Gasteiger partial charge in [-0.25, -0.2) is 0 Å². The van der Waals surface area contributed by atoms with E-state index in [1.807, 2.05) is 0 Å². The molecule has 362 valence electrons. The molecule has 0 aliphatic rings. The molecule has 0 amide bonds. The van der Waals surface area contributed by atoms with Crippen LogP contribution in [0.3, 0.4) is 0 Å². The topological polar surface area (TPSA) is 88.6 Å². The first kappa shape index (κ1) is 51.5. The Kier molecular flexibility index (Phi) is 15.1. The first-order valence-electron chi connectivity index (χ1n) is 24.7. The molecule has 0 aliphatic heterocycles. The third-order valence-corrected chi connectivity index (χ3v) is 12.7. The van der Waals surface area contributed by atoms with Crippen LogP contribution in [0.25, 0.3) is 0 Å². The fourth-order valence-electron chi connectivity index (χ4n) is 9.31. The average molecular weight is 915 g/mol. The molecular formula is C62H82N4O2. The highest BCUT2D eigenvalue weighted by atomic mass is 16.3. The van der Waals surface area contributed by atoms with Crippen LogP contribution < -0.4 is 21.3 Å². The molecule has 0 fully saturated rings. The summed E-state index contributed by atoms with van der Waals surface area (Å²) in [6.07, 6.45) is 3.00. The van der Waals surface area contributed by atoms with Crippen molar-refractivity contribution in [1.29, 1.82) is 0 Å². The van der Waals surface area contributed by atoms with Gasteiger partial charge in [-0.3, -0.25) is 0 Å². The van der Waals surface area contributed by atoms with Gasteiger partial charge in [0.05, 0.1) is 6.04 Å². The van der Waals surface area contributed by atoms with E-state index in [1.54, 1.807) is 0 Å². The Morgan fingerprint density at radius 3 is 0.985 bits per heavy atom. The number of phenolic OH excluding ortho intramolecular Hbond substituents is 2. The van der Waals surface area contributed by atoms with Gasteiger partial charge in [-0.1, -0.05) is 135 Å². The van der Waals surface area contributed by atoms with Crippen LogP contribution in [0.15, 0.2) is 121 Å². The van der Waals surface area contributed by atoms with Crippen LogP contribution in [-0.2, 0) is 34.5 Å². The molecule has 6 rings (SSSR count). The molecule has 6 heteroatoms. The summed E-state index contributed by atoms with van der Waals surface area (Å²) in [5.41, 5.74) is 13.9. The van der Waals surface area contributed by atoms with Gasteiger partial charge in [-0.15, -0.1) is 0 Å². The number of aromatic hydroxyl groups is 2. The van der Waals surface area contributed by atoms with Crippen LogP contribution in [0.4, 0.5) is 39.8 Å². The van der Waals surface area contributed by atoms with Gasteiger partial charge in [-0.2, -0.15) is 0 Å². The molecule has 0 spiro atoms. The van der Waals surface area contributed by atoms with Crippen LogP contribution in [0.2, 0.25) is 0 Å². The van der Waals surface area contributed by atoms with E-state index in [0.717, 1.165) is 79.6 Å². The monoisotopic (exact) mass is 915 g/mol. The zero-order chi connectivity index (χ0) is 50.0. The van der Waals surface area contributed by atoms with Crippen molar-refractivity contribution in [2.75, 3.05) is 21.3 Å². The molecule has 0 aliphatic carbocycles. The second-order valence-corrected chi connectivity index (χ2v) is 24.8. The SMILES string of the molecule is CC(Cc1ccc(Nc2ccc(Nc3ccc(Nc4ccc(NC(Cc5cc(C(C)(C)C)c(O)c(C(C)(C)C)c5)c5cc(C(C)(C)C)c(O)c(C(C)(C)C)c5)cc4)cc3)cc2)cc1)CC(C)(C)C. The summed E-state index contributed by atoms with van der Waals surface area (Å²) >= 11 is 0. The van der Waals surface area contributed by atoms with Crippen molar-refractivity contribution in [1.82, 2.24) is 0 Å².